The summed E-state index contributed by atoms with van der Waals surface area (Å²) in [4.78, 5) is 0. The van der Waals surface area contributed by atoms with E-state index in [9.17, 15) is 0 Å². The van der Waals surface area contributed by atoms with Crippen LogP contribution >= 0.6 is 0 Å². The van der Waals surface area contributed by atoms with E-state index in [-0.39, 0.29) is 0 Å². The molecular weight excluding hydrogens is 292 g/mol. The Hall–Kier alpha value is -2.35. The summed E-state index contributed by atoms with van der Waals surface area (Å²) in [7, 11) is 0. The normalized spacial score (nSPS) is 24.4. The molecule has 2 aliphatic rings. The zero-order valence-corrected chi connectivity index (χ0v) is 14.4. The van der Waals surface area contributed by atoms with Gasteiger partial charge in [-0.2, -0.15) is 5.10 Å². The molecule has 2 heteroatoms. The van der Waals surface area contributed by atoms with Crippen LogP contribution in [0.4, 0.5) is 0 Å². The van der Waals surface area contributed by atoms with Gasteiger partial charge in [-0.1, -0.05) is 48.5 Å². The van der Waals surface area contributed by atoms with E-state index in [1.807, 2.05) is 0 Å². The molecule has 1 heterocycles. The predicted octanol–water partition coefficient (Wildman–Crippen LogP) is 5.19. The summed E-state index contributed by atoms with van der Waals surface area (Å²) in [5.41, 5.74) is 11.5. The van der Waals surface area contributed by atoms with Crippen LogP contribution < -0.4 is 5.43 Å². The number of hydrazone groups is 1. The van der Waals surface area contributed by atoms with Gasteiger partial charge in [0.15, 0.2) is 0 Å². The Labute approximate surface area is 144 Å². The minimum atomic E-state index is 0.321. The summed E-state index contributed by atoms with van der Waals surface area (Å²) >= 11 is 0. The summed E-state index contributed by atoms with van der Waals surface area (Å²) in [6, 6.07) is 17.6. The van der Waals surface area contributed by atoms with Crippen molar-refractivity contribution in [2.24, 2.45) is 11.0 Å². The van der Waals surface area contributed by atoms with Crippen LogP contribution in [0, 0.1) is 19.8 Å². The molecule has 2 aromatic rings. The van der Waals surface area contributed by atoms with Crippen molar-refractivity contribution in [1.29, 1.82) is 0 Å². The molecule has 2 nitrogen and oxygen atoms in total. The molecule has 122 valence electrons. The van der Waals surface area contributed by atoms with E-state index in [1.54, 1.807) is 0 Å². The number of hydrogen-bond donors (Lipinski definition) is 1. The molecule has 2 atom stereocenters. The van der Waals surface area contributed by atoms with E-state index in [0.717, 1.165) is 6.42 Å². The molecule has 1 fully saturated rings. The number of fused-ring (bicyclic) bond motifs is 1. The smallest absolute Gasteiger partial charge is 0.0776 e. The largest absolute Gasteiger partial charge is 0.302 e. The average molecular weight is 316 g/mol. The van der Waals surface area contributed by atoms with Crippen LogP contribution in [-0.2, 0) is 0 Å². The first-order chi connectivity index (χ1) is 11.7. The Balaban J connectivity index is 1.66. The van der Waals surface area contributed by atoms with Crippen LogP contribution in [-0.4, -0.2) is 5.71 Å². The number of allylic oxidation sites excluding steroid dienone is 1. The molecule has 1 N–H and O–H groups in total. The van der Waals surface area contributed by atoms with Crippen molar-refractivity contribution in [3.63, 3.8) is 0 Å². The van der Waals surface area contributed by atoms with E-state index in [0.29, 0.717) is 12.0 Å². The average Bonchev–Trinajstić information content (AvgIpc) is 3.02. The fraction of sp³-hybridized carbons (Fsp3) is 0.318. The van der Waals surface area contributed by atoms with Crippen molar-refractivity contribution in [3.8, 4) is 0 Å². The molecule has 2 unspecified atom stereocenters. The van der Waals surface area contributed by atoms with Crippen molar-refractivity contribution in [1.82, 2.24) is 5.43 Å². The van der Waals surface area contributed by atoms with Gasteiger partial charge in [0.2, 0.25) is 0 Å². The second-order valence-corrected chi connectivity index (χ2v) is 6.99. The molecule has 1 aliphatic carbocycles. The number of aryl methyl sites for hydroxylation is 2. The lowest BCUT2D eigenvalue weighted by molar-refractivity contribution is 0.449. The highest BCUT2D eigenvalue weighted by Gasteiger charge is 2.37. The summed E-state index contributed by atoms with van der Waals surface area (Å²) in [6.07, 6.45) is 5.94. The van der Waals surface area contributed by atoms with Crippen LogP contribution in [0.15, 0.2) is 59.2 Å². The monoisotopic (exact) mass is 316 g/mol. The van der Waals surface area contributed by atoms with Crippen LogP contribution in [0.1, 0.15) is 47.6 Å². The molecule has 0 amide bonds. The van der Waals surface area contributed by atoms with Gasteiger partial charge in [-0.3, -0.25) is 0 Å². The maximum atomic E-state index is 4.76. The molecule has 2 aromatic carbocycles. The Morgan fingerprint density at radius 2 is 1.75 bits per heavy atom. The van der Waals surface area contributed by atoms with E-state index in [2.05, 4.69) is 73.9 Å². The van der Waals surface area contributed by atoms with Gasteiger partial charge in [0.05, 0.1) is 11.8 Å². The highest BCUT2D eigenvalue weighted by atomic mass is 15.3. The third-order valence-electron chi connectivity index (χ3n) is 5.41. The van der Waals surface area contributed by atoms with Gasteiger partial charge in [0, 0.05) is 5.92 Å². The summed E-state index contributed by atoms with van der Waals surface area (Å²) in [5.74, 6) is 0.495. The van der Waals surface area contributed by atoms with E-state index in [1.165, 1.54) is 46.4 Å². The zero-order chi connectivity index (χ0) is 16.5. The second-order valence-electron chi connectivity index (χ2n) is 6.99. The first kappa shape index (κ1) is 15.2. The van der Waals surface area contributed by atoms with Crippen molar-refractivity contribution in [2.45, 2.75) is 39.2 Å². The standard InChI is InChI=1S/C22H24N2/c1-15-8-3-5-10-17(15)14-18-11-7-13-20-21(18)23-24-22(20)19-12-6-4-9-16(19)2/h3-6,8-10,12,14,20,22,24H,7,11,13H2,1-2H3/b18-14+. The van der Waals surface area contributed by atoms with Crippen molar-refractivity contribution < 1.29 is 0 Å². The van der Waals surface area contributed by atoms with Crippen LogP contribution in [0.2, 0.25) is 0 Å². The minimum absolute atomic E-state index is 0.321. The number of nitrogens with zero attached hydrogens (tertiary/aromatic N) is 1. The van der Waals surface area contributed by atoms with Gasteiger partial charge in [0.25, 0.3) is 0 Å². The third-order valence-corrected chi connectivity index (χ3v) is 5.41. The molecule has 1 aliphatic heterocycles. The number of hydrogen-bond acceptors (Lipinski definition) is 2. The van der Waals surface area contributed by atoms with Gasteiger partial charge >= 0.3 is 0 Å². The van der Waals surface area contributed by atoms with Crippen molar-refractivity contribution >= 4 is 11.8 Å². The first-order valence-corrected chi connectivity index (χ1v) is 8.89. The summed E-state index contributed by atoms with van der Waals surface area (Å²) in [6.45, 7) is 4.37. The van der Waals surface area contributed by atoms with Crippen LogP contribution in [0.3, 0.4) is 0 Å². The number of rotatable bonds is 2. The van der Waals surface area contributed by atoms with Crippen LogP contribution in [0.25, 0.3) is 6.08 Å². The second kappa shape index (κ2) is 6.27. The lowest BCUT2D eigenvalue weighted by Gasteiger charge is -2.27. The fourth-order valence-corrected chi connectivity index (χ4v) is 4.03. The Morgan fingerprint density at radius 1 is 1.00 bits per heavy atom. The highest BCUT2D eigenvalue weighted by molar-refractivity contribution is 6.07. The predicted molar refractivity (Wildman–Crippen MR) is 101 cm³/mol. The SMILES string of the molecule is Cc1ccccc1/C=C1\CCCC2C1=NNC2c1ccccc1C. The number of nitrogens with one attached hydrogen (secondary N) is 1. The molecule has 0 saturated heterocycles. The molecule has 0 radical (unpaired) electrons. The zero-order valence-electron chi connectivity index (χ0n) is 14.4. The molecule has 1 saturated carbocycles. The molecular formula is C22H24N2. The maximum Gasteiger partial charge on any atom is 0.0776 e. The third kappa shape index (κ3) is 2.66. The fourth-order valence-electron chi connectivity index (χ4n) is 4.03. The molecule has 0 aromatic heterocycles. The lowest BCUT2D eigenvalue weighted by Crippen LogP contribution is -2.26. The van der Waals surface area contributed by atoms with E-state index in [4.69, 9.17) is 5.10 Å². The van der Waals surface area contributed by atoms with Gasteiger partial charge in [-0.25, -0.2) is 0 Å². The van der Waals surface area contributed by atoms with Crippen molar-refractivity contribution in [2.75, 3.05) is 0 Å². The van der Waals surface area contributed by atoms with Gasteiger partial charge in [-0.05, 0) is 67.0 Å². The van der Waals surface area contributed by atoms with E-state index >= 15 is 0 Å². The minimum Gasteiger partial charge on any atom is -0.302 e. The van der Waals surface area contributed by atoms with Crippen LogP contribution in [0.5, 0.6) is 0 Å². The topological polar surface area (TPSA) is 24.4 Å². The van der Waals surface area contributed by atoms with Gasteiger partial charge < -0.3 is 5.43 Å². The quantitative estimate of drug-likeness (QED) is 0.810. The van der Waals surface area contributed by atoms with Crippen molar-refractivity contribution in [3.05, 3.63) is 76.4 Å². The highest BCUT2D eigenvalue weighted by Crippen LogP contribution is 2.40. The molecule has 4 rings (SSSR count). The molecule has 0 bridgehead atoms. The Bertz CT molecular complexity index is 816. The van der Waals surface area contributed by atoms with Gasteiger partial charge in [-0.15, -0.1) is 0 Å². The molecule has 24 heavy (non-hydrogen) atoms. The number of benzene rings is 2. The summed E-state index contributed by atoms with van der Waals surface area (Å²) in [5, 5.41) is 4.76. The van der Waals surface area contributed by atoms with Gasteiger partial charge in [0.1, 0.15) is 0 Å². The summed E-state index contributed by atoms with van der Waals surface area (Å²) < 4.78 is 0. The Morgan fingerprint density at radius 3 is 2.54 bits per heavy atom. The van der Waals surface area contributed by atoms with E-state index < -0.39 is 0 Å². The lowest BCUT2D eigenvalue weighted by atomic mass is 9.77. The first-order valence-electron chi connectivity index (χ1n) is 8.89. The molecule has 0 spiro atoms. The Kier molecular flexibility index (Phi) is 3.97. The maximum absolute atomic E-state index is 4.76.